The summed E-state index contributed by atoms with van der Waals surface area (Å²) in [4.78, 5) is 9.53. The number of aliphatic imine (C=N–C) groups is 1. The van der Waals surface area contributed by atoms with Crippen LogP contribution in [0.25, 0.3) is 0 Å². The van der Waals surface area contributed by atoms with E-state index in [1.54, 1.807) is 0 Å². The largest absolute Gasteiger partial charge is 0.381 e. The first-order valence-corrected chi connectivity index (χ1v) is 9.44. The van der Waals surface area contributed by atoms with E-state index in [4.69, 9.17) is 9.73 Å². The van der Waals surface area contributed by atoms with Crippen LogP contribution in [0.3, 0.4) is 0 Å². The summed E-state index contributed by atoms with van der Waals surface area (Å²) in [5, 5.41) is 3.47. The second-order valence-electron chi connectivity index (χ2n) is 7.70. The Morgan fingerprint density at radius 3 is 2.88 bits per heavy atom. The Hall–Kier alpha value is -1.59. The van der Waals surface area contributed by atoms with Crippen molar-refractivity contribution in [1.29, 1.82) is 0 Å². The summed E-state index contributed by atoms with van der Waals surface area (Å²) in [5.74, 6) is 1.05. The lowest BCUT2D eigenvalue weighted by molar-refractivity contribution is 0.156. The van der Waals surface area contributed by atoms with Crippen molar-refractivity contribution in [3.05, 3.63) is 35.4 Å². The van der Waals surface area contributed by atoms with Crippen LogP contribution in [0.2, 0.25) is 0 Å². The maximum absolute atomic E-state index is 5.65. The number of ether oxygens (including phenoxy) is 1. The number of hydrogen-bond acceptors (Lipinski definition) is 3. The van der Waals surface area contributed by atoms with Gasteiger partial charge in [-0.15, -0.1) is 0 Å². The third-order valence-electron chi connectivity index (χ3n) is 5.16. The summed E-state index contributed by atoms with van der Waals surface area (Å²) in [5.41, 5.74) is 2.97. The van der Waals surface area contributed by atoms with E-state index in [-0.39, 0.29) is 0 Å². The van der Waals surface area contributed by atoms with Crippen LogP contribution in [0.1, 0.15) is 30.9 Å². The number of guanidine groups is 1. The van der Waals surface area contributed by atoms with Crippen molar-refractivity contribution in [2.24, 2.45) is 10.4 Å². The molecule has 0 radical (unpaired) electrons. The fourth-order valence-corrected chi connectivity index (χ4v) is 3.87. The van der Waals surface area contributed by atoms with Crippen LogP contribution in [0, 0.1) is 5.41 Å². The molecule has 1 N–H and O–H groups in total. The van der Waals surface area contributed by atoms with E-state index in [0.717, 1.165) is 51.9 Å². The van der Waals surface area contributed by atoms with E-state index < -0.39 is 0 Å². The van der Waals surface area contributed by atoms with Gasteiger partial charge in [0.2, 0.25) is 0 Å². The molecule has 2 heterocycles. The van der Waals surface area contributed by atoms with Gasteiger partial charge >= 0.3 is 0 Å². The third-order valence-corrected chi connectivity index (χ3v) is 5.16. The summed E-state index contributed by atoms with van der Waals surface area (Å²) in [7, 11) is 4.20. The van der Waals surface area contributed by atoms with Gasteiger partial charge in [0, 0.05) is 38.2 Å². The van der Waals surface area contributed by atoms with Crippen molar-refractivity contribution in [2.75, 3.05) is 46.9 Å². The SMILES string of the molecule is CCNC(=NCc1cccc(CN(C)C)c1)N1CCC2(CCOC2)C1. The van der Waals surface area contributed by atoms with Crippen LogP contribution in [0.15, 0.2) is 29.3 Å². The Kier molecular flexibility index (Phi) is 5.97. The number of benzene rings is 1. The average molecular weight is 345 g/mol. The van der Waals surface area contributed by atoms with Gasteiger partial charge in [0.05, 0.1) is 13.2 Å². The van der Waals surface area contributed by atoms with E-state index >= 15 is 0 Å². The molecule has 1 aromatic rings. The molecule has 0 aromatic heterocycles. The van der Waals surface area contributed by atoms with Crippen LogP contribution in [-0.4, -0.2) is 62.7 Å². The minimum atomic E-state index is 0.363. The summed E-state index contributed by atoms with van der Waals surface area (Å²) >= 11 is 0. The molecule has 1 spiro atoms. The summed E-state index contributed by atoms with van der Waals surface area (Å²) < 4.78 is 5.65. The van der Waals surface area contributed by atoms with Gasteiger partial charge in [0.1, 0.15) is 0 Å². The summed E-state index contributed by atoms with van der Waals surface area (Å²) in [6, 6.07) is 8.76. The molecule has 0 aliphatic carbocycles. The fourth-order valence-electron chi connectivity index (χ4n) is 3.87. The van der Waals surface area contributed by atoms with Crippen molar-refractivity contribution >= 4 is 5.96 Å². The molecule has 2 aliphatic rings. The predicted octanol–water partition coefficient (Wildman–Crippen LogP) is 2.33. The second kappa shape index (κ2) is 8.19. The van der Waals surface area contributed by atoms with Gasteiger partial charge in [-0.3, -0.25) is 0 Å². The molecular formula is C20H32N4O. The zero-order valence-corrected chi connectivity index (χ0v) is 15.9. The molecule has 1 atom stereocenters. The Morgan fingerprint density at radius 2 is 2.16 bits per heavy atom. The van der Waals surface area contributed by atoms with Crippen molar-refractivity contribution < 1.29 is 4.74 Å². The monoisotopic (exact) mass is 344 g/mol. The van der Waals surface area contributed by atoms with Gasteiger partial charge in [-0.1, -0.05) is 24.3 Å². The Morgan fingerprint density at radius 1 is 1.32 bits per heavy atom. The van der Waals surface area contributed by atoms with E-state index in [9.17, 15) is 0 Å². The molecule has 5 heteroatoms. The molecule has 25 heavy (non-hydrogen) atoms. The quantitative estimate of drug-likeness (QED) is 0.657. The first-order valence-electron chi connectivity index (χ1n) is 9.44. The van der Waals surface area contributed by atoms with Crippen molar-refractivity contribution in [2.45, 2.75) is 32.9 Å². The molecule has 2 aliphatic heterocycles. The van der Waals surface area contributed by atoms with E-state index in [0.29, 0.717) is 5.41 Å². The topological polar surface area (TPSA) is 40.1 Å². The lowest BCUT2D eigenvalue weighted by atomic mass is 9.87. The van der Waals surface area contributed by atoms with Crippen molar-refractivity contribution in [3.63, 3.8) is 0 Å². The van der Waals surface area contributed by atoms with Gasteiger partial charge in [-0.2, -0.15) is 0 Å². The molecule has 0 bridgehead atoms. The first-order chi connectivity index (χ1) is 12.1. The Labute approximate surface area is 152 Å². The molecule has 3 rings (SSSR count). The van der Waals surface area contributed by atoms with Gasteiger partial charge in [0.25, 0.3) is 0 Å². The number of nitrogens with zero attached hydrogens (tertiary/aromatic N) is 3. The summed E-state index contributed by atoms with van der Waals surface area (Å²) in [6.07, 6.45) is 2.41. The van der Waals surface area contributed by atoms with Gasteiger partial charge in [-0.25, -0.2) is 4.99 Å². The average Bonchev–Trinajstić information content (AvgIpc) is 3.21. The highest BCUT2D eigenvalue weighted by Gasteiger charge is 2.42. The second-order valence-corrected chi connectivity index (χ2v) is 7.70. The van der Waals surface area contributed by atoms with E-state index in [1.165, 1.54) is 24.0 Å². The molecule has 0 amide bonds. The normalized spacial score (nSPS) is 23.8. The number of hydrogen-bond donors (Lipinski definition) is 1. The van der Waals surface area contributed by atoms with E-state index in [2.05, 4.69) is 60.4 Å². The Balaban J connectivity index is 1.66. The molecule has 1 aromatic carbocycles. The standard InChI is InChI=1S/C20H32N4O/c1-4-21-19(24-10-8-20(15-24)9-11-25-16-20)22-13-17-6-5-7-18(12-17)14-23(2)3/h5-7,12H,4,8-11,13-16H2,1-3H3,(H,21,22). The van der Waals surface area contributed by atoms with E-state index in [1.807, 2.05) is 0 Å². The zero-order chi connectivity index (χ0) is 17.7. The van der Waals surface area contributed by atoms with Crippen LogP contribution in [0.4, 0.5) is 0 Å². The highest BCUT2D eigenvalue weighted by Crippen LogP contribution is 2.38. The molecule has 5 nitrogen and oxygen atoms in total. The first kappa shape index (κ1) is 18.2. The van der Waals surface area contributed by atoms with Gasteiger partial charge in [0.15, 0.2) is 5.96 Å². The minimum Gasteiger partial charge on any atom is -0.381 e. The molecular weight excluding hydrogens is 312 g/mol. The minimum absolute atomic E-state index is 0.363. The highest BCUT2D eigenvalue weighted by molar-refractivity contribution is 5.80. The third kappa shape index (κ3) is 4.73. The lowest BCUT2D eigenvalue weighted by Gasteiger charge is -2.25. The maximum Gasteiger partial charge on any atom is 0.194 e. The zero-order valence-electron chi connectivity index (χ0n) is 15.9. The molecule has 2 fully saturated rings. The molecule has 2 saturated heterocycles. The van der Waals surface area contributed by atoms with Gasteiger partial charge in [-0.05, 0) is 45.0 Å². The molecule has 0 saturated carbocycles. The van der Waals surface area contributed by atoms with Crippen LogP contribution >= 0.6 is 0 Å². The summed E-state index contributed by atoms with van der Waals surface area (Å²) in [6.45, 7) is 8.71. The number of nitrogens with one attached hydrogen (secondary N) is 1. The van der Waals surface area contributed by atoms with Crippen LogP contribution < -0.4 is 5.32 Å². The number of rotatable bonds is 5. The Bertz CT molecular complexity index is 593. The fraction of sp³-hybridized carbons (Fsp3) is 0.650. The smallest absolute Gasteiger partial charge is 0.194 e. The molecule has 1 unspecified atom stereocenters. The maximum atomic E-state index is 5.65. The van der Waals surface area contributed by atoms with Gasteiger partial charge < -0.3 is 19.9 Å². The van der Waals surface area contributed by atoms with Crippen molar-refractivity contribution in [3.8, 4) is 0 Å². The van der Waals surface area contributed by atoms with Crippen LogP contribution in [0.5, 0.6) is 0 Å². The highest BCUT2D eigenvalue weighted by atomic mass is 16.5. The predicted molar refractivity (Wildman–Crippen MR) is 103 cm³/mol. The van der Waals surface area contributed by atoms with Crippen molar-refractivity contribution in [1.82, 2.24) is 15.1 Å². The molecule has 138 valence electrons. The lowest BCUT2D eigenvalue weighted by Crippen LogP contribution is -2.41. The number of likely N-dealkylation sites (tertiary alicyclic amines) is 1. The van der Waals surface area contributed by atoms with Crippen LogP contribution in [-0.2, 0) is 17.8 Å².